The van der Waals surface area contributed by atoms with E-state index >= 15 is 0 Å². The molecule has 3 rings (SSSR count). The molecule has 1 saturated heterocycles. The Labute approximate surface area is 141 Å². The average molecular weight is 331 g/mol. The minimum absolute atomic E-state index is 0.354. The van der Waals surface area contributed by atoms with Gasteiger partial charge in [-0.25, -0.2) is 9.78 Å². The van der Waals surface area contributed by atoms with Gasteiger partial charge in [-0.1, -0.05) is 0 Å². The second-order valence-corrected chi connectivity index (χ2v) is 7.27. The second-order valence-electron chi connectivity index (χ2n) is 7.27. The number of hydrogen-bond donors (Lipinski definition) is 2. The van der Waals surface area contributed by atoms with Crippen LogP contribution in [-0.4, -0.2) is 46.3 Å². The van der Waals surface area contributed by atoms with Crippen molar-refractivity contribution in [2.75, 3.05) is 24.5 Å². The normalized spacial score (nSPS) is 18.6. The molecule has 2 aromatic heterocycles. The number of nitrogens with one attached hydrogen (secondary N) is 2. The van der Waals surface area contributed by atoms with Gasteiger partial charge in [0, 0.05) is 25.8 Å². The lowest BCUT2D eigenvalue weighted by Crippen LogP contribution is -2.42. The summed E-state index contributed by atoms with van der Waals surface area (Å²) in [6.07, 6.45) is 3.56. The summed E-state index contributed by atoms with van der Waals surface area (Å²) in [5.74, 6) is 1.23. The van der Waals surface area contributed by atoms with E-state index in [2.05, 4.69) is 25.2 Å². The summed E-state index contributed by atoms with van der Waals surface area (Å²) >= 11 is 0. The Morgan fingerprint density at radius 2 is 2.33 bits per heavy atom. The Bertz CT molecular complexity index is 673. The first kappa shape index (κ1) is 16.5. The number of rotatable bonds is 3. The third kappa shape index (κ3) is 4.15. The van der Waals surface area contributed by atoms with Gasteiger partial charge in [0.25, 0.3) is 0 Å². The first-order valence-electron chi connectivity index (χ1n) is 8.43. The third-order valence-corrected chi connectivity index (χ3v) is 4.00. The predicted octanol–water partition coefficient (Wildman–Crippen LogP) is 2.70. The number of amides is 1. The minimum atomic E-state index is -0.468. The van der Waals surface area contributed by atoms with Crippen LogP contribution in [0.15, 0.2) is 18.3 Å². The highest BCUT2D eigenvalue weighted by atomic mass is 16.6. The van der Waals surface area contributed by atoms with Crippen molar-refractivity contribution in [2.24, 2.45) is 5.92 Å². The summed E-state index contributed by atoms with van der Waals surface area (Å²) in [6, 6.07) is 3.87. The highest BCUT2D eigenvalue weighted by molar-refractivity contribution is 5.73. The Kier molecular flexibility index (Phi) is 4.59. The average Bonchev–Trinajstić information content (AvgIpc) is 2.96. The van der Waals surface area contributed by atoms with Crippen LogP contribution in [0.3, 0.4) is 0 Å². The number of carbonyl (C=O) groups is 1. The lowest BCUT2D eigenvalue weighted by atomic mass is 9.98. The second kappa shape index (κ2) is 6.67. The van der Waals surface area contributed by atoms with E-state index in [0.717, 1.165) is 43.0 Å². The van der Waals surface area contributed by atoms with Gasteiger partial charge in [-0.2, -0.15) is 4.98 Å². The first-order valence-corrected chi connectivity index (χ1v) is 8.43. The molecule has 3 heterocycles. The topological polar surface area (TPSA) is 83.1 Å². The van der Waals surface area contributed by atoms with Gasteiger partial charge < -0.3 is 19.9 Å². The van der Waals surface area contributed by atoms with E-state index in [1.807, 2.05) is 32.9 Å². The molecule has 2 N–H and O–H groups in total. The lowest BCUT2D eigenvalue weighted by molar-refractivity contribution is 0.0517. The van der Waals surface area contributed by atoms with Gasteiger partial charge in [-0.3, -0.25) is 0 Å². The fourth-order valence-corrected chi connectivity index (χ4v) is 2.95. The largest absolute Gasteiger partial charge is 0.444 e. The highest BCUT2D eigenvalue weighted by Crippen LogP contribution is 2.22. The summed E-state index contributed by atoms with van der Waals surface area (Å²) < 4.78 is 5.29. The summed E-state index contributed by atoms with van der Waals surface area (Å²) in [6.45, 7) is 8.03. The maximum Gasteiger partial charge on any atom is 0.407 e. The van der Waals surface area contributed by atoms with E-state index in [1.165, 1.54) is 0 Å². The maximum absolute atomic E-state index is 11.8. The Morgan fingerprint density at radius 3 is 3.08 bits per heavy atom. The van der Waals surface area contributed by atoms with Crippen molar-refractivity contribution >= 4 is 23.2 Å². The molecule has 1 atom stereocenters. The van der Waals surface area contributed by atoms with E-state index < -0.39 is 5.60 Å². The molecule has 130 valence electrons. The summed E-state index contributed by atoms with van der Waals surface area (Å²) in [7, 11) is 0. The molecule has 0 aliphatic carbocycles. The van der Waals surface area contributed by atoms with Gasteiger partial charge in [0.2, 0.25) is 5.95 Å². The van der Waals surface area contributed by atoms with Gasteiger partial charge in [0.1, 0.15) is 5.60 Å². The SMILES string of the molecule is CC(C)(C)OC(=O)NCC1CCCN(c2nc3ncccc3[nH]2)C1. The number of ether oxygens (including phenoxy) is 1. The van der Waals surface area contributed by atoms with Gasteiger partial charge >= 0.3 is 6.09 Å². The number of nitrogens with zero attached hydrogens (tertiary/aromatic N) is 3. The van der Waals surface area contributed by atoms with Crippen molar-refractivity contribution in [3.05, 3.63) is 18.3 Å². The molecule has 0 radical (unpaired) electrons. The number of carbonyl (C=O) groups excluding carboxylic acids is 1. The standard InChI is InChI=1S/C17H25N5O2/c1-17(2,3)24-16(23)19-10-12-6-5-9-22(11-12)15-20-13-7-4-8-18-14(13)21-15/h4,7-8,12H,5-6,9-11H2,1-3H3,(H,19,23)(H,18,20,21). The summed E-state index contributed by atoms with van der Waals surface area (Å²) in [4.78, 5) is 26.2. The molecule has 0 spiro atoms. The van der Waals surface area contributed by atoms with Gasteiger partial charge in [0.05, 0.1) is 5.52 Å². The molecular formula is C17H25N5O2. The molecule has 0 aromatic carbocycles. The zero-order chi connectivity index (χ0) is 17.2. The molecule has 1 aliphatic heterocycles. The van der Waals surface area contributed by atoms with Crippen LogP contribution in [0.1, 0.15) is 33.6 Å². The minimum Gasteiger partial charge on any atom is -0.444 e. The van der Waals surface area contributed by atoms with Crippen LogP contribution in [0.2, 0.25) is 0 Å². The molecule has 7 heteroatoms. The van der Waals surface area contributed by atoms with E-state index in [-0.39, 0.29) is 6.09 Å². The number of aromatic amines is 1. The predicted molar refractivity (Wildman–Crippen MR) is 93.1 cm³/mol. The van der Waals surface area contributed by atoms with E-state index in [4.69, 9.17) is 4.74 Å². The van der Waals surface area contributed by atoms with Crippen molar-refractivity contribution < 1.29 is 9.53 Å². The molecular weight excluding hydrogens is 306 g/mol. The van der Waals surface area contributed by atoms with Crippen molar-refractivity contribution in [2.45, 2.75) is 39.2 Å². The number of piperidine rings is 1. The number of imidazole rings is 1. The molecule has 2 aromatic rings. The molecule has 1 aliphatic rings. The number of anilines is 1. The molecule has 1 unspecified atom stereocenters. The molecule has 0 bridgehead atoms. The highest BCUT2D eigenvalue weighted by Gasteiger charge is 2.24. The number of hydrogen-bond acceptors (Lipinski definition) is 5. The molecule has 1 fully saturated rings. The van der Waals surface area contributed by atoms with Crippen molar-refractivity contribution in [3.8, 4) is 0 Å². The van der Waals surface area contributed by atoms with Crippen LogP contribution in [0.5, 0.6) is 0 Å². The van der Waals surface area contributed by atoms with E-state index in [1.54, 1.807) is 6.20 Å². The Balaban J connectivity index is 1.57. The van der Waals surface area contributed by atoms with Crippen LogP contribution in [0, 0.1) is 5.92 Å². The summed E-state index contributed by atoms with van der Waals surface area (Å²) in [5, 5.41) is 2.88. The van der Waals surface area contributed by atoms with Crippen LogP contribution >= 0.6 is 0 Å². The van der Waals surface area contributed by atoms with Gasteiger partial charge in [-0.15, -0.1) is 0 Å². The van der Waals surface area contributed by atoms with Crippen LogP contribution in [0.25, 0.3) is 11.2 Å². The van der Waals surface area contributed by atoms with Gasteiger partial charge in [0.15, 0.2) is 5.65 Å². The number of H-pyrrole nitrogens is 1. The zero-order valence-electron chi connectivity index (χ0n) is 14.5. The van der Waals surface area contributed by atoms with E-state index in [9.17, 15) is 4.79 Å². The van der Waals surface area contributed by atoms with E-state index in [0.29, 0.717) is 12.5 Å². The fourth-order valence-electron chi connectivity index (χ4n) is 2.95. The van der Waals surface area contributed by atoms with Gasteiger partial charge in [-0.05, 0) is 51.7 Å². The van der Waals surface area contributed by atoms with Crippen molar-refractivity contribution in [1.82, 2.24) is 20.3 Å². The number of pyridine rings is 1. The smallest absolute Gasteiger partial charge is 0.407 e. The van der Waals surface area contributed by atoms with Crippen LogP contribution in [0.4, 0.5) is 10.7 Å². The quantitative estimate of drug-likeness (QED) is 0.903. The first-order chi connectivity index (χ1) is 11.4. The Hall–Kier alpha value is -2.31. The number of aromatic nitrogens is 3. The molecule has 7 nitrogen and oxygen atoms in total. The van der Waals surface area contributed by atoms with Crippen LogP contribution in [-0.2, 0) is 4.74 Å². The monoisotopic (exact) mass is 331 g/mol. The zero-order valence-corrected chi connectivity index (χ0v) is 14.5. The molecule has 24 heavy (non-hydrogen) atoms. The molecule has 0 saturated carbocycles. The number of alkyl carbamates (subject to hydrolysis) is 1. The van der Waals surface area contributed by atoms with Crippen LogP contribution < -0.4 is 10.2 Å². The van der Waals surface area contributed by atoms with Crippen molar-refractivity contribution in [3.63, 3.8) is 0 Å². The summed E-state index contributed by atoms with van der Waals surface area (Å²) in [5.41, 5.74) is 1.22. The fraction of sp³-hybridized carbons (Fsp3) is 0.588. The Morgan fingerprint density at radius 1 is 1.50 bits per heavy atom. The lowest BCUT2D eigenvalue weighted by Gasteiger charge is -2.32. The molecule has 1 amide bonds. The third-order valence-electron chi connectivity index (χ3n) is 4.00. The van der Waals surface area contributed by atoms with Crippen molar-refractivity contribution in [1.29, 1.82) is 0 Å². The number of fused-ring (bicyclic) bond motifs is 1. The maximum atomic E-state index is 11.8.